The highest BCUT2D eigenvalue weighted by atomic mass is 35.5. The Balaban J connectivity index is 2.67. The van der Waals surface area contributed by atoms with E-state index in [1.807, 2.05) is 12.1 Å². The first-order chi connectivity index (χ1) is 6.74. The predicted molar refractivity (Wildman–Crippen MR) is 62.4 cm³/mol. The minimum Gasteiger partial charge on any atom is -0.507 e. The van der Waals surface area contributed by atoms with Crippen LogP contribution in [0.25, 0.3) is 10.1 Å². The summed E-state index contributed by atoms with van der Waals surface area (Å²) in [5, 5.41) is 10.7. The Labute approximate surface area is 91.9 Å². The van der Waals surface area contributed by atoms with E-state index in [-0.39, 0.29) is 0 Å². The van der Waals surface area contributed by atoms with Crippen LogP contribution in [0.5, 0.6) is 5.75 Å². The van der Waals surface area contributed by atoms with Crippen molar-refractivity contribution in [1.29, 1.82) is 0 Å². The largest absolute Gasteiger partial charge is 0.507 e. The first kappa shape index (κ1) is 9.81. The summed E-state index contributed by atoms with van der Waals surface area (Å²) in [6.07, 6.45) is 1.01. The molecule has 0 aliphatic carbocycles. The number of benzene rings is 1. The number of halogens is 1. The van der Waals surface area contributed by atoms with Crippen LogP contribution in [0.15, 0.2) is 18.2 Å². The van der Waals surface area contributed by atoms with Gasteiger partial charge in [-0.25, -0.2) is 0 Å². The van der Waals surface area contributed by atoms with Crippen molar-refractivity contribution in [1.82, 2.24) is 0 Å². The Morgan fingerprint density at radius 2 is 2.14 bits per heavy atom. The van der Waals surface area contributed by atoms with E-state index in [2.05, 4.69) is 6.92 Å². The molecule has 0 aliphatic heterocycles. The number of aromatic hydroxyl groups is 1. The first-order valence-electron chi connectivity index (χ1n) is 4.55. The van der Waals surface area contributed by atoms with Crippen LogP contribution in [0.1, 0.15) is 17.4 Å². The van der Waals surface area contributed by atoms with Crippen molar-refractivity contribution in [2.45, 2.75) is 19.2 Å². The van der Waals surface area contributed by atoms with Gasteiger partial charge in [-0.15, -0.1) is 22.9 Å². The Morgan fingerprint density at radius 3 is 2.79 bits per heavy atom. The van der Waals surface area contributed by atoms with Gasteiger partial charge in [-0.2, -0.15) is 0 Å². The zero-order chi connectivity index (χ0) is 10.1. The van der Waals surface area contributed by atoms with Gasteiger partial charge in [0, 0.05) is 20.8 Å². The van der Waals surface area contributed by atoms with Crippen molar-refractivity contribution in [2.24, 2.45) is 0 Å². The third-order valence-corrected chi connectivity index (χ3v) is 3.76. The summed E-state index contributed by atoms with van der Waals surface area (Å²) in [6, 6.07) is 5.83. The van der Waals surface area contributed by atoms with Crippen LogP contribution in [-0.2, 0) is 12.3 Å². The molecule has 0 spiro atoms. The molecule has 74 valence electrons. The molecule has 0 saturated carbocycles. The summed E-state index contributed by atoms with van der Waals surface area (Å²) >= 11 is 7.46. The lowest BCUT2D eigenvalue weighted by Crippen LogP contribution is -1.76. The highest BCUT2D eigenvalue weighted by Gasteiger charge is 2.06. The van der Waals surface area contributed by atoms with Gasteiger partial charge in [0.25, 0.3) is 0 Å². The predicted octanol–water partition coefficient (Wildman–Crippen LogP) is 3.91. The third-order valence-electron chi connectivity index (χ3n) is 2.23. The van der Waals surface area contributed by atoms with Crippen molar-refractivity contribution in [3.63, 3.8) is 0 Å². The molecule has 0 amide bonds. The molecule has 14 heavy (non-hydrogen) atoms. The summed E-state index contributed by atoms with van der Waals surface area (Å²) < 4.78 is 1.12. The maximum atomic E-state index is 9.74. The number of thiophene rings is 1. The van der Waals surface area contributed by atoms with Crippen LogP contribution in [0.3, 0.4) is 0 Å². The van der Waals surface area contributed by atoms with E-state index in [0.29, 0.717) is 11.6 Å². The average Bonchev–Trinajstić information content (AvgIpc) is 2.61. The monoisotopic (exact) mass is 226 g/mol. The molecule has 0 bridgehead atoms. The topological polar surface area (TPSA) is 20.2 Å². The molecule has 0 saturated heterocycles. The van der Waals surface area contributed by atoms with Crippen molar-refractivity contribution in [3.05, 3.63) is 28.6 Å². The van der Waals surface area contributed by atoms with E-state index in [0.717, 1.165) is 22.1 Å². The minimum absolute atomic E-state index is 0.342. The van der Waals surface area contributed by atoms with Gasteiger partial charge in [0.05, 0.1) is 0 Å². The number of alkyl halides is 1. The average molecular weight is 227 g/mol. The Morgan fingerprint density at radius 1 is 1.36 bits per heavy atom. The Bertz CT molecular complexity index is 462. The van der Waals surface area contributed by atoms with Gasteiger partial charge >= 0.3 is 0 Å². The van der Waals surface area contributed by atoms with E-state index >= 15 is 0 Å². The van der Waals surface area contributed by atoms with Crippen LogP contribution in [0.4, 0.5) is 0 Å². The van der Waals surface area contributed by atoms with E-state index in [1.165, 1.54) is 4.88 Å². The summed E-state index contributed by atoms with van der Waals surface area (Å²) in [6.45, 7) is 2.12. The molecular formula is C11H11ClOS. The van der Waals surface area contributed by atoms with Gasteiger partial charge in [-0.3, -0.25) is 0 Å². The normalized spacial score (nSPS) is 11.0. The minimum atomic E-state index is 0.342. The number of aryl methyl sites for hydroxylation is 1. The van der Waals surface area contributed by atoms with Crippen LogP contribution in [-0.4, -0.2) is 5.11 Å². The molecule has 0 radical (unpaired) electrons. The fourth-order valence-electron chi connectivity index (χ4n) is 1.48. The number of hydrogen-bond acceptors (Lipinski definition) is 2. The van der Waals surface area contributed by atoms with Crippen molar-refractivity contribution in [3.8, 4) is 5.75 Å². The van der Waals surface area contributed by atoms with E-state index in [9.17, 15) is 5.11 Å². The fraction of sp³-hybridized carbons (Fsp3) is 0.273. The summed E-state index contributed by atoms with van der Waals surface area (Å²) in [7, 11) is 0. The van der Waals surface area contributed by atoms with Crippen LogP contribution in [0, 0.1) is 0 Å². The molecule has 3 heteroatoms. The molecule has 1 aromatic heterocycles. The number of rotatable bonds is 2. The van der Waals surface area contributed by atoms with Gasteiger partial charge in [0.1, 0.15) is 5.75 Å². The smallest absolute Gasteiger partial charge is 0.124 e. The lowest BCUT2D eigenvalue weighted by atomic mass is 10.1. The molecular weight excluding hydrogens is 216 g/mol. The molecule has 2 rings (SSSR count). The summed E-state index contributed by atoms with van der Waals surface area (Å²) in [5.74, 6) is 0.789. The van der Waals surface area contributed by atoms with Gasteiger partial charge < -0.3 is 5.11 Å². The van der Waals surface area contributed by atoms with Gasteiger partial charge in [-0.05, 0) is 30.2 Å². The van der Waals surface area contributed by atoms with Gasteiger partial charge in [-0.1, -0.05) is 6.92 Å². The fourth-order valence-corrected chi connectivity index (χ4v) is 2.72. The summed E-state index contributed by atoms with van der Waals surface area (Å²) in [4.78, 5) is 1.29. The highest BCUT2D eigenvalue weighted by molar-refractivity contribution is 7.19. The molecule has 2 aromatic rings. The molecule has 0 fully saturated rings. The number of phenolic OH excluding ortho intramolecular Hbond substituents is 1. The van der Waals surface area contributed by atoms with Crippen LogP contribution < -0.4 is 0 Å². The molecule has 1 N–H and O–H groups in total. The zero-order valence-electron chi connectivity index (χ0n) is 7.88. The maximum absolute atomic E-state index is 9.74. The lowest BCUT2D eigenvalue weighted by Gasteiger charge is -1.98. The molecule has 0 atom stereocenters. The maximum Gasteiger partial charge on any atom is 0.124 e. The SMILES string of the molecule is CCc1cc2c(O)cc(CCl)cc2s1. The number of fused-ring (bicyclic) bond motifs is 1. The second-order valence-electron chi connectivity index (χ2n) is 3.23. The second kappa shape index (κ2) is 3.79. The van der Waals surface area contributed by atoms with Gasteiger partial charge in [0.15, 0.2) is 0 Å². The summed E-state index contributed by atoms with van der Waals surface area (Å²) in [5.41, 5.74) is 0.973. The van der Waals surface area contributed by atoms with Crippen LogP contribution >= 0.6 is 22.9 Å². The zero-order valence-corrected chi connectivity index (χ0v) is 9.45. The Kier molecular flexibility index (Phi) is 2.66. The number of hydrogen-bond donors (Lipinski definition) is 1. The standard InChI is InChI=1S/C11H11ClOS/c1-2-8-5-9-10(13)3-7(6-12)4-11(9)14-8/h3-5,13H,2,6H2,1H3. The number of phenols is 1. The van der Waals surface area contributed by atoms with Crippen molar-refractivity contribution in [2.75, 3.05) is 0 Å². The molecule has 1 aromatic carbocycles. The van der Waals surface area contributed by atoms with Crippen LogP contribution in [0.2, 0.25) is 0 Å². The molecule has 0 aliphatic rings. The third kappa shape index (κ3) is 1.60. The van der Waals surface area contributed by atoms with Crippen molar-refractivity contribution < 1.29 is 5.11 Å². The molecule has 1 heterocycles. The van der Waals surface area contributed by atoms with E-state index < -0.39 is 0 Å². The van der Waals surface area contributed by atoms with Gasteiger partial charge in [0.2, 0.25) is 0 Å². The second-order valence-corrected chi connectivity index (χ2v) is 4.66. The quantitative estimate of drug-likeness (QED) is 0.770. The van der Waals surface area contributed by atoms with E-state index in [4.69, 9.17) is 11.6 Å². The Hall–Kier alpha value is -0.730. The first-order valence-corrected chi connectivity index (χ1v) is 5.90. The molecule has 1 nitrogen and oxygen atoms in total. The van der Waals surface area contributed by atoms with E-state index in [1.54, 1.807) is 17.4 Å². The lowest BCUT2D eigenvalue weighted by molar-refractivity contribution is 0.481. The highest BCUT2D eigenvalue weighted by Crippen LogP contribution is 2.34. The van der Waals surface area contributed by atoms with Crippen molar-refractivity contribution >= 4 is 33.0 Å². The molecule has 0 unspecified atom stereocenters.